The van der Waals surface area contributed by atoms with Crippen LogP contribution in [0.1, 0.15) is 10.4 Å². The molecule has 0 aliphatic rings. The fourth-order valence-corrected chi connectivity index (χ4v) is 0.654. The molecular formula is C7H7ClO4. The molecule has 0 fully saturated rings. The summed E-state index contributed by atoms with van der Waals surface area (Å²) < 4.78 is 6.47. The molecule has 0 unspecified atom stereocenters. The number of para-hydroxylation sites is 1. The van der Waals surface area contributed by atoms with Gasteiger partial charge >= 0.3 is 5.97 Å². The molecule has 0 heterocycles. The summed E-state index contributed by atoms with van der Waals surface area (Å²) in [5.41, 5.74) is -0.0671. The lowest BCUT2D eigenvalue weighted by Gasteiger charge is -1.95. The minimum absolute atomic E-state index is 0.0671. The molecule has 12 heavy (non-hydrogen) atoms. The Morgan fingerprint density at radius 2 is 1.75 bits per heavy atom. The van der Waals surface area contributed by atoms with Crippen LogP contribution in [-0.2, 0) is 0 Å². The van der Waals surface area contributed by atoms with Gasteiger partial charge in [0, 0.05) is 0 Å². The smallest absolute Gasteiger partial charge is 0.339 e. The van der Waals surface area contributed by atoms with Gasteiger partial charge < -0.3 is 10.2 Å². The summed E-state index contributed by atoms with van der Waals surface area (Å²) in [5, 5.41) is 17.3. The number of halogens is 1. The van der Waals surface area contributed by atoms with Gasteiger partial charge in [0.1, 0.15) is 11.3 Å². The first-order valence-corrected chi connectivity index (χ1v) is 3.24. The zero-order valence-corrected chi connectivity index (χ0v) is 6.69. The van der Waals surface area contributed by atoms with Crippen molar-refractivity contribution < 1.29 is 19.7 Å². The van der Waals surface area contributed by atoms with Crippen molar-refractivity contribution in [2.75, 3.05) is 0 Å². The first-order chi connectivity index (χ1) is 5.72. The third-order valence-corrected chi connectivity index (χ3v) is 1.13. The molecule has 3 N–H and O–H groups in total. The molecule has 1 aromatic rings. The molecule has 0 saturated heterocycles. The molecule has 0 aliphatic carbocycles. The van der Waals surface area contributed by atoms with Crippen LogP contribution >= 0.6 is 11.9 Å². The standard InChI is InChI=1S/C7H6O3.ClHO/c8-6-4-2-1-3-5(6)7(9)10;1-2/h1-4,8H,(H,9,10);2H. The number of carboxylic acid groups (broad SMARTS) is 1. The number of rotatable bonds is 1. The Bertz CT molecular complexity index is 261. The quantitative estimate of drug-likeness (QED) is 0.622. The van der Waals surface area contributed by atoms with Crippen LogP contribution < -0.4 is 0 Å². The Hall–Kier alpha value is -1.26. The second kappa shape index (κ2) is 5.40. The van der Waals surface area contributed by atoms with Crippen LogP contribution in [0.25, 0.3) is 0 Å². The van der Waals surface area contributed by atoms with Crippen molar-refractivity contribution in [1.82, 2.24) is 0 Å². The number of carbonyl (C=O) groups is 1. The highest BCUT2D eigenvalue weighted by Crippen LogP contribution is 2.14. The number of hydrogen-bond acceptors (Lipinski definition) is 3. The van der Waals surface area contributed by atoms with E-state index >= 15 is 0 Å². The highest BCUT2D eigenvalue weighted by molar-refractivity contribution is 6.04. The molecule has 1 aromatic carbocycles. The second-order valence-electron chi connectivity index (χ2n) is 1.82. The third kappa shape index (κ3) is 2.77. The minimum atomic E-state index is -1.11. The van der Waals surface area contributed by atoms with E-state index in [0.29, 0.717) is 0 Å². The van der Waals surface area contributed by atoms with E-state index in [1.165, 1.54) is 12.1 Å². The highest BCUT2D eigenvalue weighted by Gasteiger charge is 2.05. The molecule has 4 nitrogen and oxygen atoms in total. The lowest BCUT2D eigenvalue weighted by Crippen LogP contribution is -1.95. The molecular weight excluding hydrogens is 184 g/mol. The second-order valence-corrected chi connectivity index (χ2v) is 1.82. The van der Waals surface area contributed by atoms with Gasteiger partial charge in [0.05, 0.1) is 11.9 Å². The largest absolute Gasteiger partial charge is 0.507 e. The Kier molecular flexibility index (Phi) is 4.83. The van der Waals surface area contributed by atoms with Crippen molar-refractivity contribution in [2.45, 2.75) is 0 Å². The van der Waals surface area contributed by atoms with E-state index in [0.717, 1.165) is 0 Å². The van der Waals surface area contributed by atoms with Crippen LogP contribution in [0.5, 0.6) is 5.75 Å². The fourth-order valence-electron chi connectivity index (χ4n) is 0.654. The maximum absolute atomic E-state index is 10.3. The zero-order chi connectivity index (χ0) is 9.56. The molecule has 1 rings (SSSR count). The molecule has 0 atom stereocenters. The predicted octanol–water partition coefficient (Wildman–Crippen LogP) is 1.22. The fraction of sp³-hybridized carbons (Fsp3) is 0. The molecule has 5 heteroatoms. The summed E-state index contributed by atoms with van der Waals surface area (Å²) in [5.74, 6) is -1.31. The van der Waals surface area contributed by atoms with Crippen molar-refractivity contribution in [3.63, 3.8) is 0 Å². The highest BCUT2D eigenvalue weighted by atomic mass is 35.5. The number of aromatic carboxylic acids is 1. The van der Waals surface area contributed by atoms with Crippen LogP contribution in [0.4, 0.5) is 0 Å². The average molecular weight is 191 g/mol. The van der Waals surface area contributed by atoms with Crippen LogP contribution in [0.3, 0.4) is 0 Å². The van der Waals surface area contributed by atoms with Crippen LogP contribution in [-0.4, -0.2) is 20.8 Å². The summed E-state index contributed by atoms with van der Waals surface area (Å²) in [7, 11) is 0. The third-order valence-electron chi connectivity index (χ3n) is 1.13. The normalized spacial score (nSPS) is 8.17. The lowest BCUT2D eigenvalue weighted by molar-refractivity contribution is 0.0694. The van der Waals surface area contributed by atoms with Gasteiger partial charge in [-0.2, -0.15) is 0 Å². The summed E-state index contributed by atoms with van der Waals surface area (Å²) in [6.07, 6.45) is 0. The molecule has 0 aromatic heterocycles. The summed E-state index contributed by atoms with van der Waals surface area (Å²) in [6, 6.07) is 5.81. The van der Waals surface area contributed by atoms with E-state index in [9.17, 15) is 4.79 Å². The maximum atomic E-state index is 10.3. The SMILES string of the molecule is O=C(O)c1ccccc1O.OCl. The molecule has 0 amide bonds. The van der Waals surface area contributed by atoms with E-state index < -0.39 is 5.97 Å². The van der Waals surface area contributed by atoms with Crippen molar-refractivity contribution in [3.05, 3.63) is 29.8 Å². The number of carboxylic acids is 1. The molecule has 0 radical (unpaired) electrons. The van der Waals surface area contributed by atoms with Crippen LogP contribution in [0.2, 0.25) is 0 Å². The van der Waals surface area contributed by atoms with Gasteiger partial charge in [-0.3, -0.25) is 4.66 Å². The number of aromatic hydroxyl groups is 1. The van der Waals surface area contributed by atoms with E-state index in [-0.39, 0.29) is 11.3 Å². The van der Waals surface area contributed by atoms with Crippen LogP contribution in [0, 0.1) is 0 Å². The van der Waals surface area contributed by atoms with Gasteiger partial charge in [-0.05, 0) is 12.1 Å². The summed E-state index contributed by atoms with van der Waals surface area (Å²) in [6.45, 7) is 0. The van der Waals surface area contributed by atoms with Crippen molar-refractivity contribution in [1.29, 1.82) is 0 Å². The number of benzene rings is 1. The van der Waals surface area contributed by atoms with Crippen molar-refractivity contribution in [3.8, 4) is 5.75 Å². The Labute approximate surface area is 73.8 Å². The van der Waals surface area contributed by atoms with Gasteiger partial charge in [-0.15, -0.1) is 0 Å². The zero-order valence-electron chi connectivity index (χ0n) is 5.94. The number of phenols is 1. The molecule has 66 valence electrons. The lowest BCUT2D eigenvalue weighted by atomic mass is 10.2. The van der Waals surface area contributed by atoms with Crippen LogP contribution in [0.15, 0.2) is 24.3 Å². The van der Waals surface area contributed by atoms with Gasteiger partial charge in [0.2, 0.25) is 0 Å². The average Bonchev–Trinajstić information content (AvgIpc) is 2.08. The van der Waals surface area contributed by atoms with Gasteiger partial charge in [-0.1, -0.05) is 12.1 Å². The van der Waals surface area contributed by atoms with E-state index in [1.807, 2.05) is 0 Å². The van der Waals surface area contributed by atoms with Crippen molar-refractivity contribution in [2.24, 2.45) is 0 Å². The first kappa shape index (κ1) is 10.7. The summed E-state index contributed by atoms with van der Waals surface area (Å²) in [4.78, 5) is 10.3. The van der Waals surface area contributed by atoms with Crippen molar-refractivity contribution >= 4 is 17.8 Å². The van der Waals surface area contributed by atoms with E-state index in [1.54, 1.807) is 12.1 Å². The van der Waals surface area contributed by atoms with Gasteiger partial charge in [0.15, 0.2) is 0 Å². The first-order valence-electron chi connectivity index (χ1n) is 2.90. The predicted molar refractivity (Wildman–Crippen MR) is 43.1 cm³/mol. The van der Waals surface area contributed by atoms with E-state index in [2.05, 4.69) is 11.9 Å². The van der Waals surface area contributed by atoms with Gasteiger partial charge in [0.25, 0.3) is 0 Å². The maximum Gasteiger partial charge on any atom is 0.339 e. The number of hydrogen-bond donors (Lipinski definition) is 3. The minimum Gasteiger partial charge on any atom is -0.507 e. The molecule has 0 spiro atoms. The van der Waals surface area contributed by atoms with E-state index in [4.69, 9.17) is 14.9 Å². The Morgan fingerprint density at radius 3 is 2.08 bits per heavy atom. The Morgan fingerprint density at radius 1 is 1.25 bits per heavy atom. The van der Waals surface area contributed by atoms with Gasteiger partial charge in [-0.25, -0.2) is 4.79 Å². The monoisotopic (exact) mass is 190 g/mol. The Balaban J connectivity index is 0.000000561. The molecule has 0 aliphatic heterocycles. The molecule has 0 saturated carbocycles. The topological polar surface area (TPSA) is 77.8 Å². The summed E-state index contributed by atoms with van der Waals surface area (Å²) >= 11 is 3.64. The molecule has 0 bridgehead atoms.